The minimum Gasteiger partial charge on any atom is -0.269 e. The Hall–Kier alpha value is -2.05. The summed E-state index contributed by atoms with van der Waals surface area (Å²) < 4.78 is 0. The molecule has 2 amide bonds. The molecule has 1 aromatic heterocycles. The molecule has 0 spiro atoms. The van der Waals surface area contributed by atoms with E-state index in [0.29, 0.717) is 11.4 Å². The van der Waals surface area contributed by atoms with E-state index in [0.717, 1.165) is 4.90 Å². The third-order valence-electron chi connectivity index (χ3n) is 1.88. The van der Waals surface area contributed by atoms with Crippen LogP contribution in [-0.2, 0) is 16.1 Å². The molecular weight excluding hydrogens is 186 g/mol. The van der Waals surface area contributed by atoms with Crippen molar-refractivity contribution in [2.45, 2.75) is 13.5 Å². The number of rotatable bonds is 2. The second-order valence-electron chi connectivity index (χ2n) is 2.88. The van der Waals surface area contributed by atoms with Crippen LogP contribution in [0, 0.1) is 0 Å². The topological polar surface area (TPSA) is 91.8 Å². The Balaban J connectivity index is 2.15. The van der Waals surface area contributed by atoms with Gasteiger partial charge in [0.15, 0.2) is 5.82 Å². The number of carbonyl (C=O) groups is 2. The van der Waals surface area contributed by atoms with E-state index in [1.807, 2.05) is 0 Å². The van der Waals surface area contributed by atoms with Gasteiger partial charge in [0, 0.05) is 11.6 Å². The fraction of sp³-hybridized carbons (Fsp3) is 0.286. The molecule has 1 aliphatic rings. The number of tetrazole rings is 1. The van der Waals surface area contributed by atoms with Crippen molar-refractivity contribution in [3.8, 4) is 0 Å². The number of H-pyrrole nitrogens is 1. The van der Waals surface area contributed by atoms with E-state index in [9.17, 15) is 9.59 Å². The second-order valence-corrected chi connectivity index (χ2v) is 2.88. The fourth-order valence-electron chi connectivity index (χ4n) is 1.18. The van der Waals surface area contributed by atoms with Crippen LogP contribution in [-0.4, -0.2) is 37.3 Å². The molecule has 0 atom stereocenters. The Bertz CT molecular complexity index is 408. The summed E-state index contributed by atoms with van der Waals surface area (Å²) in [6.45, 7) is 1.65. The monoisotopic (exact) mass is 193 g/mol. The van der Waals surface area contributed by atoms with Gasteiger partial charge < -0.3 is 0 Å². The van der Waals surface area contributed by atoms with Gasteiger partial charge in [-0.3, -0.25) is 14.5 Å². The van der Waals surface area contributed by atoms with Crippen molar-refractivity contribution in [2.75, 3.05) is 0 Å². The highest BCUT2D eigenvalue weighted by Crippen LogP contribution is 2.13. The summed E-state index contributed by atoms with van der Waals surface area (Å²) in [7, 11) is 0. The summed E-state index contributed by atoms with van der Waals surface area (Å²) >= 11 is 0. The van der Waals surface area contributed by atoms with Crippen LogP contribution < -0.4 is 0 Å². The first kappa shape index (κ1) is 8.54. The maximum atomic E-state index is 11.4. The van der Waals surface area contributed by atoms with Gasteiger partial charge in [-0.05, 0) is 6.92 Å². The van der Waals surface area contributed by atoms with Crippen molar-refractivity contribution < 1.29 is 9.59 Å². The van der Waals surface area contributed by atoms with Crippen molar-refractivity contribution in [3.05, 3.63) is 17.5 Å². The molecule has 2 rings (SSSR count). The normalized spacial score (nSPS) is 16.4. The molecule has 72 valence electrons. The first-order chi connectivity index (χ1) is 6.68. The minimum absolute atomic E-state index is 0.0575. The number of nitrogens with zero attached hydrogens (tertiary/aromatic N) is 4. The van der Waals surface area contributed by atoms with Crippen LogP contribution in [0.2, 0.25) is 0 Å². The summed E-state index contributed by atoms with van der Waals surface area (Å²) in [4.78, 5) is 23.7. The van der Waals surface area contributed by atoms with Gasteiger partial charge in [-0.1, -0.05) is 5.21 Å². The van der Waals surface area contributed by atoms with Crippen LogP contribution in [0.5, 0.6) is 0 Å². The van der Waals surface area contributed by atoms with Gasteiger partial charge in [0.05, 0.1) is 6.54 Å². The van der Waals surface area contributed by atoms with Crippen LogP contribution in [0.15, 0.2) is 11.6 Å². The number of hydrogen-bond donors (Lipinski definition) is 1. The third kappa shape index (κ3) is 1.28. The molecule has 0 saturated heterocycles. The van der Waals surface area contributed by atoms with E-state index in [-0.39, 0.29) is 18.4 Å². The predicted molar refractivity (Wildman–Crippen MR) is 43.5 cm³/mol. The van der Waals surface area contributed by atoms with Gasteiger partial charge in [0.2, 0.25) is 0 Å². The second kappa shape index (κ2) is 3.02. The lowest BCUT2D eigenvalue weighted by atomic mass is 10.3. The molecule has 1 aromatic rings. The predicted octanol–water partition coefficient (Wildman–Crippen LogP) is -0.985. The maximum absolute atomic E-state index is 11.4. The minimum atomic E-state index is -0.336. The van der Waals surface area contributed by atoms with Crippen molar-refractivity contribution in [1.29, 1.82) is 0 Å². The number of amides is 2. The molecule has 0 radical (unpaired) electrons. The summed E-state index contributed by atoms with van der Waals surface area (Å²) in [6.07, 6.45) is 1.29. The van der Waals surface area contributed by atoms with E-state index in [1.165, 1.54) is 6.08 Å². The summed E-state index contributed by atoms with van der Waals surface area (Å²) in [5, 5.41) is 12.9. The van der Waals surface area contributed by atoms with E-state index in [4.69, 9.17) is 0 Å². The van der Waals surface area contributed by atoms with Crippen molar-refractivity contribution in [1.82, 2.24) is 25.5 Å². The molecule has 14 heavy (non-hydrogen) atoms. The first-order valence-electron chi connectivity index (χ1n) is 3.95. The summed E-state index contributed by atoms with van der Waals surface area (Å²) in [6, 6.07) is 0. The number of aromatic amines is 1. The van der Waals surface area contributed by atoms with Crippen LogP contribution in [0.1, 0.15) is 12.7 Å². The highest BCUT2D eigenvalue weighted by molar-refractivity contribution is 6.15. The quantitative estimate of drug-likeness (QED) is 0.609. The van der Waals surface area contributed by atoms with E-state index in [2.05, 4.69) is 20.6 Å². The van der Waals surface area contributed by atoms with Gasteiger partial charge in [0.25, 0.3) is 11.8 Å². The standard InChI is InChI=1S/C7H7N5O2/c1-4-2-6(13)12(7(4)14)3-5-8-10-11-9-5/h2H,3H2,1H3,(H,8,9,10,11). The molecule has 1 aliphatic heterocycles. The Labute approximate surface area is 78.8 Å². The first-order valence-corrected chi connectivity index (χ1v) is 3.95. The third-order valence-corrected chi connectivity index (χ3v) is 1.88. The van der Waals surface area contributed by atoms with Crippen LogP contribution in [0.25, 0.3) is 0 Å². The van der Waals surface area contributed by atoms with E-state index in [1.54, 1.807) is 6.92 Å². The highest BCUT2D eigenvalue weighted by atomic mass is 16.2. The zero-order chi connectivity index (χ0) is 10.1. The molecule has 0 aliphatic carbocycles. The largest absolute Gasteiger partial charge is 0.269 e. The number of hydrogen-bond acceptors (Lipinski definition) is 5. The lowest BCUT2D eigenvalue weighted by molar-refractivity contribution is -0.138. The van der Waals surface area contributed by atoms with Crippen molar-refractivity contribution in [2.24, 2.45) is 0 Å². The Morgan fingerprint density at radius 1 is 1.50 bits per heavy atom. The molecule has 1 N–H and O–H groups in total. The van der Waals surface area contributed by atoms with Crippen molar-refractivity contribution >= 4 is 11.8 Å². The number of aromatic nitrogens is 4. The Morgan fingerprint density at radius 3 is 2.79 bits per heavy atom. The smallest absolute Gasteiger partial charge is 0.256 e. The molecule has 0 fully saturated rings. The lowest BCUT2D eigenvalue weighted by Crippen LogP contribution is -2.30. The van der Waals surface area contributed by atoms with Gasteiger partial charge >= 0.3 is 0 Å². The molecule has 2 heterocycles. The van der Waals surface area contributed by atoms with E-state index < -0.39 is 0 Å². The van der Waals surface area contributed by atoms with Crippen LogP contribution >= 0.6 is 0 Å². The number of nitrogens with one attached hydrogen (secondary N) is 1. The molecule has 7 heteroatoms. The SMILES string of the molecule is CC1=CC(=O)N(Cc2nn[nH]n2)C1=O. The highest BCUT2D eigenvalue weighted by Gasteiger charge is 2.29. The molecular formula is C7H7N5O2. The Kier molecular flexibility index (Phi) is 1.84. The number of imide groups is 1. The number of carbonyl (C=O) groups excluding carboxylic acids is 2. The molecule has 0 saturated carbocycles. The lowest BCUT2D eigenvalue weighted by Gasteiger charge is -2.10. The van der Waals surface area contributed by atoms with Gasteiger partial charge in [-0.2, -0.15) is 5.21 Å². The zero-order valence-electron chi connectivity index (χ0n) is 7.39. The van der Waals surface area contributed by atoms with Crippen LogP contribution in [0.3, 0.4) is 0 Å². The van der Waals surface area contributed by atoms with Gasteiger partial charge in [-0.25, -0.2) is 0 Å². The maximum Gasteiger partial charge on any atom is 0.256 e. The molecule has 0 unspecified atom stereocenters. The van der Waals surface area contributed by atoms with E-state index >= 15 is 0 Å². The fourth-order valence-corrected chi connectivity index (χ4v) is 1.18. The average Bonchev–Trinajstić information content (AvgIpc) is 2.71. The van der Waals surface area contributed by atoms with Gasteiger partial charge in [-0.15, -0.1) is 10.2 Å². The molecule has 0 aromatic carbocycles. The summed E-state index contributed by atoms with van der Waals surface area (Å²) in [5.41, 5.74) is 0.429. The van der Waals surface area contributed by atoms with Crippen molar-refractivity contribution in [3.63, 3.8) is 0 Å². The van der Waals surface area contributed by atoms with Gasteiger partial charge in [0.1, 0.15) is 0 Å². The molecule has 0 bridgehead atoms. The summed E-state index contributed by atoms with van der Waals surface area (Å²) in [5.74, 6) is -0.327. The molecule has 7 nitrogen and oxygen atoms in total. The van der Waals surface area contributed by atoms with Crippen LogP contribution in [0.4, 0.5) is 0 Å². The average molecular weight is 193 g/mol. The Morgan fingerprint density at radius 2 is 2.29 bits per heavy atom. The zero-order valence-corrected chi connectivity index (χ0v) is 7.39.